The van der Waals surface area contributed by atoms with Crippen LogP contribution in [-0.4, -0.2) is 79.8 Å². The Hall–Kier alpha value is -2.94. The molecule has 0 spiro atoms. The standard InChI is InChI=1S/C22H27N3O6/c1-30-9-8-25-12-16(11-20(25)27)22(29)24-6-4-14(5-7-24)21(28)15-2-3-18-17(10-15)23-19(26)13-31-18/h2-3,10,14,16H,4-9,11-13H2,1H3,(H,23,26)/t16-/m1/s1. The molecule has 1 aromatic rings. The van der Waals surface area contributed by atoms with Crippen LogP contribution in [0.3, 0.4) is 0 Å². The molecule has 9 nitrogen and oxygen atoms in total. The lowest BCUT2D eigenvalue weighted by Crippen LogP contribution is -2.43. The maximum Gasteiger partial charge on any atom is 0.262 e. The number of rotatable bonds is 6. The third kappa shape index (κ3) is 4.56. The molecule has 3 aliphatic heterocycles. The summed E-state index contributed by atoms with van der Waals surface area (Å²) in [5, 5.41) is 2.72. The Morgan fingerprint density at radius 1 is 1.19 bits per heavy atom. The van der Waals surface area contributed by atoms with Gasteiger partial charge in [0.05, 0.1) is 18.2 Å². The molecule has 1 atom stereocenters. The van der Waals surface area contributed by atoms with Gasteiger partial charge in [-0.1, -0.05) is 0 Å². The largest absolute Gasteiger partial charge is 0.482 e. The fourth-order valence-corrected chi connectivity index (χ4v) is 4.45. The van der Waals surface area contributed by atoms with Crippen molar-refractivity contribution in [2.75, 3.05) is 51.8 Å². The minimum atomic E-state index is -0.319. The lowest BCUT2D eigenvalue weighted by molar-refractivity contribution is -0.137. The van der Waals surface area contributed by atoms with Crippen LogP contribution in [0.4, 0.5) is 5.69 Å². The second-order valence-electron chi connectivity index (χ2n) is 8.25. The van der Waals surface area contributed by atoms with Gasteiger partial charge in [0.1, 0.15) is 5.75 Å². The lowest BCUT2D eigenvalue weighted by Gasteiger charge is -2.33. The van der Waals surface area contributed by atoms with Crippen molar-refractivity contribution in [1.82, 2.24) is 9.80 Å². The summed E-state index contributed by atoms with van der Waals surface area (Å²) in [6.45, 7) is 2.37. The van der Waals surface area contributed by atoms with E-state index in [2.05, 4.69) is 5.32 Å². The number of ether oxygens (including phenoxy) is 2. The number of nitrogens with zero attached hydrogens (tertiary/aromatic N) is 2. The molecule has 1 N–H and O–H groups in total. The molecule has 1 aromatic carbocycles. The molecule has 31 heavy (non-hydrogen) atoms. The van der Waals surface area contributed by atoms with Gasteiger partial charge >= 0.3 is 0 Å². The van der Waals surface area contributed by atoms with Crippen LogP contribution in [0.5, 0.6) is 5.75 Å². The quantitative estimate of drug-likeness (QED) is 0.675. The molecule has 2 fully saturated rings. The molecule has 0 radical (unpaired) electrons. The molecule has 0 aliphatic carbocycles. The zero-order valence-corrected chi connectivity index (χ0v) is 17.6. The maximum atomic E-state index is 13.0. The van der Waals surface area contributed by atoms with Gasteiger partial charge in [0.15, 0.2) is 12.4 Å². The maximum absolute atomic E-state index is 13.0. The van der Waals surface area contributed by atoms with Crippen LogP contribution in [0.2, 0.25) is 0 Å². The predicted molar refractivity (Wildman–Crippen MR) is 111 cm³/mol. The molecule has 2 saturated heterocycles. The first-order valence-electron chi connectivity index (χ1n) is 10.6. The summed E-state index contributed by atoms with van der Waals surface area (Å²) >= 11 is 0. The average Bonchev–Trinajstić information content (AvgIpc) is 3.16. The number of Topliss-reactive ketones (excluding diaryl/α,β-unsaturated/α-hetero) is 1. The number of carbonyl (C=O) groups is 4. The highest BCUT2D eigenvalue weighted by Crippen LogP contribution is 2.31. The minimum Gasteiger partial charge on any atom is -0.482 e. The van der Waals surface area contributed by atoms with Crippen LogP contribution >= 0.6 is 0 Å². The summed E-state index contributed by atoms with van der Waals surface area (Å²) < 4.78 is 10.4. The number of hydrogen-bond acceptors (Lipinski definition) is 6. The van der Waals surface area contributed by atoms with Crippen molar-refractivity contribution in [2.24, 2.45) is 11.8 Å². The predicted octanol–water partition coefficient (Wildman–Crippen LogP) is 0.934. The third-order valence-corrected chi connectivity index (χ3v) is 6.20. The monoisotopic (exact) mass is 429 g/mol. The Morgan fingerprint density at radius 2 is 1.97 bits per heavy atom. The normalized spacial score (nSPS) is 21.5. The van der Waals surface area contributed by atoms with Crippen molar-refractivity contribution in [3.8, 4) is 5.75 Å². The fourth-order valence-electron chi connectivity index (χ4n) is 4.45. The summed E-state index contributed by atoms with van der Waals surface area (Å²) in [5.74, 6) is -0.183. The molecule has 0 unspecified atom stereocenters. The van der Waals surface area contributed by atoms with Gasteiger partial charge in [-0.3, -0.25) is 19.2 Å². The van der Waals surface area contributed by atoms with E-state index in [1.807, 2.05) is 0 Å². The average molecular weight is 429 g/mol. The molecule has 3 heterocycles. The number of nitrogens with one attached hydrogen (secondary N) is 1. The first-order valence-corrected chi connectivity index (χ1v) is 10.6. The number of hydrogen-bond donors (Lipinski definition) is 1. The Bertz CT molecular complexity index is 893. The van der Waals surface area contributed by atoms with Crippen LogP contribution in [0.15, 0.2) is 18.2 Å². The first kappa shape index (κ1) is 21.3. The molecule has 0 saturated carbocycles. The third-order valence-electron chi connectivity index (χ3n) is 6.20. The van der Waals surface area contributed by atoms with E-state index in [1.54, 1.807) is 35.1 Å². The molecule has 0 bridgehead atoms. The lowest BCUT2D eigenvalue weighted by atomic mass is 9.88. The number of methoxy groups -OCH3 is 1. The van der Waals surface area contributed by atoms with Gasteiger partial charge in [-0.2, -0.15) is 0 Å². The number of fused-ring (bicyclic) bond motifs is 1. The van der Waals surface area contributed by atoms with Crippen molar-refractivity contribution in [3.05, 3.63) is 23.8 Å². The fraction of sp³-hybridized carbons (Fsp3) is 0.545. The summed E-state index contributed by atoms with van der Waals surface area (Å²) in [4.78, 5) is 52.9. The van der Waals surface area contributed by atoms with Crippen LogP contribution in [0.25, 0.3) is 0 Å². The van der Waals surface area contributed by atoms with Gasteiger partial charge in [-0.05, 0) is 31.0 Å². The second-order valence-corrected chi connectivity index (χ2v) is 8.25. The number of ketones is 1. The first-order chi connectivity index (χ1) is 15.0. The van der Waals surface area contributed by atoms with Crippen LogP contribution in [0.1, 0.15) is 29.6 Å². The van der Waals surface area contributed by atoms with Gasteiger partial charge in [-0.25, -0.2) is 0 Å². The molecular weight excluding hydrogens is 402 g/mol. The molecule has 166 valence electrons. The molecule has 4 rings (SSSR count). The topological polar surface area (TPSA) is 105 Å². The van der Waals surface area contributed by atoms with Gasteiger partial charge in [0.25, 0.3) is 5.91 Å². The number of benzene rings is 1. The molecular formula is C22H27N3O6. The Kier molecular flexibility index (Phi) is 6.22. The summed E-state index contributed by atoms with van der Waals surface area (Å²) in [6, 6.07) is 5.08. The van der Waals surface area contributed by atoms with E-state index in [0.717, 1.165) is 0 Å². The van der Waals surface area contributed by atoms with E-state index in [1.165, 1.54) is 0 Å². The zero-order chi connectivity index (χ0) is 22.0. The van der Waals surface area contributed by atoms with Crippen molar-refractivity contribution >= 4 is 29.2 Å². The Morgan fingerprint density at radius 3 is 2.71 bits per heavy atom. The highest BCUT2D eigenvalue weighted by molar-refractivity contribution is 6.02. The summed E-state index contributed by atoms with van der Waals surface area (Å²) in [6.07, 6.45) is 1.40. The van der Waals surface area contributed by atoms with Gasteiger partial charge in [0.2, 0.25) is 11.8 Å². The van der Waals surface area contributed by atoms with E-state index >= 15 is 0 Å². The van der Waals surface area contributed by atoms with Crippen LogP contribution in [-0.2, 0) is 19.1 Å². The Labute approximate surface area is 180 Å². The van der Waals surface area contributed by atoms with Crippen molar-refractivity contribution in [2.45, 2.75) is 19.3 Å². The zero-order valence-electron chi connectivity index (χ0n) is 17.6. The molecule has 3 amide bonds. The van der Waals surface area contributed by atoms with E-state index in [0.29, 0.717) is 62.6 Å². The Balaban J connectivity index is 1.32. The summed E-state index contributed by atoms with van der Waals surface area (Å²) in [5.41, 5.74) is 1.04. The highest BCUT2D eigenvalue weighted by atomic mass is 16.5. The smallest absolute Gasteiger partial charge is 0.262 e. The number of amides is 3. The molecule has 0 aromatic heterocycles. The van der Waals surface area contributed by atoms with E-state index in [9.17, 15) is 19.2 Å². The van der Waals surface area contributed by atoms with Crippen LogP contribution < -0.4 is 10.1 Å². The van der Waals surface area contributed by atoms with Crippen molar-refractivity contribution in [1.29, 1.82) is 0 Å². The number of likely N-dealkylation sites (tertiary alicyclic amines) is 2. The highest BCUT2D eigenvalue weighted by Gasteiger charge is 2.38. The van der Waals surface area contributed by atoms with Crippen molar-refractivity contribution < 1.29 is 28.7 Å². The number of anilines is 1. The molecule has 3 aliphatic rings. The SMILES string of the molecule is COCCN1C[C@H](C(=O)N2CCC(C(=O)c3ccc4c(c3)NC(=O)CO4)CC2)CC1=O. The minimum absolute atomic E-state index is 0.00666. The van der Waals surface area contributed by atoms with E-state index in [4.69, 9.17) is 9.47 Å². The summed E-state index contributed by atoms with van der Waals surface area (Å²) in [7, 11) is 1.59. The number of carbonyl (C=O) groups excluding carboxylic acids is 4. The van der Waals surface area contributed by atoms with Gasteiger partial charge < -0.3 is 24.6 Å². The van der Waals surface area contributed by atoms with Crippen molar-refractivity contribution in [3.63, 3.8) is 0 Å². The van der Waals surface area contributed by atoms with Gasteiger partial charge in [-0.15, -0.1) is 0 Å². The molecule has 9 heteroatoms. The van der Waals surface area contributed by atoms with E-state index < -0.39 is 0 Å². The van der Waals surface area contributed by atoms with E-state index in [-0.39, 0.29) is 48.4 Å². The van der Waals surface area contributed by atoms with Crippen LogP contribution in [0, 0.1) is 11.8 Å². The van der Waals surface area contributed by atoms with Gasteiger partial charge in [0, 0.05) is 51.2 Å². The number of piperidine rings is 1. The second kappa shape index (κ2) is 9.05.